The summed E-state index contributed by atoms with van der Waals surface area (Å²) < 4.78 is 14.5. The standard InChI is InChI=1S/C33H24BrN5O3/c1-38(2)26-13-11-22(30(17-26)41-20-23-8-4-3-7-21(23)18-35)19-36-39-32(37-28-10-6-5-9-27(28)33(39)40)31-16-24-15-25(34)12-14-29(24)42-31/h3-17,19H,20H2,1-2H3. The van der Waals surface area contributed by atoms with E-state index in [-0.39, 0.29) is 18.0 Å². The lowest BCUT2D eigenvalue weighted by atomic mass is 10.1. The maximum Gasteiger partial charge on any atom is 0.282 e. The molecule has 0 unspecified atom stereocenters. The van der Waals surface area contributed by atoms with Gasteiger partial charge in [-0.05, 0) is 54.6 Å². The molecule has 0 aliphatic carbocycles. The number of hydrogen-bond acceptors (Lipinski definition) is 7. The topological polar surface area (TPSA) is 96.7 Å². The van der Waals surface area contributed by atoms with Gasteiger partial charge < -0.3 is 14.1 Å². The minimum atomic E-state index is -0.330. The molecule has 2 heterocycles. The molecule has 4 aromatic carbocycles. The Morgan fingerprint density at radius 1 is 1.05 bits per heavy atom. The van der Waals surface area contributed by atoms with Crippen LogP contribution in [-0.4, -0.2) is 30.0 Å². The maximum atomic E-state index is 13.7. The molecule has 0 radical (unpaired) electrons. The number of rotatable bonds is 7. The average Bonchev–Trinajstić information content (AvgIpc) is 3.43. The molecule has 0 fully saturated rings. The summed E-state index contributed by atoms with van der Waals surface area (Å²) in [4.78, 5) is 20.4. The summed E-state index contributed by atoms with van der Waals surface area (Å²) in [6, 6.07) is 29.9. The van der Waals surface area contributed by atoms with Crippen LogP contribution < -0.4 is 15.2 Å². The van der Waals surface area contributed by atoms with Crippen LogP contribution in [0.15, 0.2) is 110 Å². The van der Waals surface area contributed by atoms with Crippen LogP contribution in [0.5, 0.6) is 5.75 Å². The van der Waals surface area contributed by atoms with Crippen molar-refractivity contribution in [3.63, 3.8) is 0 Å². The molecule has 0 atom stereocenters. The van der Waals surface area contributed by atoms with Crippen LogP contribution in [0.25, 0.3) is 33.5 Å². The summed E-state index contributed by atoms with van der Waals surface area (Å²) in [6.07, 6.45) is 1.57. The number of furan rings is 1. The van der Waals surface area contributed by atoms with E-state index in [1.165, 1.54) is 4.68 Å². The number of hydrogen-bond donors (Lipinski definition) is 0. The molecule has 0 N–H and O–H groups in total. The van der Waals surface area contributed by atoms with E-state index in [2.05, 4.69) is 27.1 Å². The minimum absolute atomic E-state index is 0.193. The first-order valence-corrected chi connectivity index (χ1v) is 13.9. The van der Waals surface area contributed by atoms with E-state index in [0.717, 1.165) is 21.1 Å². The van der Waals surface area contributed by atoms with Gasteiger partial charge in [0.1, 0.15) is 17.9 Å². The lowest BCUT2D eigenvalue weighted by Crippen LogP contribution is -2.20. The third kappa shape index (κ3) is 5.28. The van der Waals surface area contributed by atoms with Crippen molar-refractivity contribution in [2.75, 3.05) is 19.0 Å². The highest BCUT2D eigenvalue weighted by molar-refractivity contribution is 9.10. The largest absolute Gasteiger partial charge is 0.488 e. The van der Waals surface area contributed by atoms with Crippen molar-refractivity contribution in [1.82, 2.24) is 9.66 Å². The van der Waals surface area contributed by atoms with E-state index in [0.29, 0.717) is 39.1 Å². The molecule has 0 amide bonds. The summed E-state index contributed by atoms with van der Waals surface area (Å²) in [5, 5.41) is 15.4. The highest BCUT2D eigenvalue weighted by Gasteiger charge is 2.17. The van der Waals surface area contributed by atoms with Crippen LogP contribution in [0.2, 0.25) is 0 Å². The molecule has 0 saturated heterocycles. The predicted molar refractivity (Wildman–Crippen MR) is 168 cm³/mol. The first kappa shape index (κ1) is 27.0. The summed E-state index contributed by atoms with van der Waals surface area (Å²) in [7, 11) is 3.88. The van der Waals surface area contributed by atoms with Gasteiger partial charge in [0.05, 0.1) is 28.8 Å². The number of fused-ring (bicyclic) bond motifs is 2. The number of benzene rings is 4. The van der Waals surface area contributed by atoms with Crippen LogP contribution in [0.3, 0.4) is 0 Å². The van der Waals surface area contributed by atoms with Crippen LogP contribution in [0.4, 0.5) is 5.69 Å². The zero-order valence-corrected chi connectivity index (χ0v) is 24.4. The van der Waals surface area contributed by atoms with Crippen molar-refractivity contribution in [3.05, 3.63) is 123 Å². The second-order valence-corrected chi connectivity index (χ2v) is 10.7. The summed E-state index contributed by atoms with van der Waals surface area (Å²) in [5.41, 5.74) is 3.77. The number of nitriles is 1. The van der Waals surface area contributed by atoms with Crippen LogP contribution in [0.1, 0.15) is 16.7 Å². The number of nitrogens with zero attached hydrogens (tertiary/aromatic N) is 5. The maximum absolute atomic E-state index is 13.7. The highest BCUT2D eigenvalue weighted by Crippen LogP contribution is 2.30. The summed E-state index contributed by atoms with van der Waals surface area (Å²) in [5.74, 6) is 1.24. The molecule has 0 aliphatic heterocycles. The van der Waals surface area contributed by atoms with Crippen LogP contribution in [0, 0.1) is 11.3 Å². The fourth-order valence-corrected chi connectivity index (χ4v) is 4.96. The summed E-state index contributed by atoms with van der Waals surface area (Å²) >= 11 is 3.50. The van der Waals surface area contributed by atoms with Crippen molar-refractivity contribution < 1.29 is 9.15 Å². The molecule has 0 bridgehead atoms. The van der Waals surface area contributed by atoms with Crippen molar-refractivity contribution in [2.24, 2.45) is 5.10 Å². The Bertz CT molecular complexity index is 2090. The zero-order chi connectivity index (χ0) is 29.2. The number of anilines is 1. The monoisotopic (exact) mass is 617 g/mol. The van der Waals surface area contributed by atoms with Gasteiger partial charge in [-0.15, -0.1) is 0 Å². The molecule has 206 valence electrons. The summed E-state index contributed by atoms with van der Waals surface area (Å²) in [6.45, 7) is 0.193. The molecular weight excluding hydrogens is 594 g/mol. The molecule has 6 aromatic rings. The SMILES string of the molecule is CN(C)c1ccc(C=Nn2c(-c3cc4cc(Br)ccc4o3)nc3ccccc3c2=O)c(OCc2ccccc2C#N)c1. The van der Waals surface area contributed by atoms with Gasteiger partial charge in [-0.3, -0.25) is 4.79 Å². The lowest BCUT2D eigenvalue weighted by molar-refractivity contribution is 0.305. The van der Waals surface area contributed by atoms with Gasteiger partial charge in [-0.2, -0.15) is 15.0 Å². The van der Waals surface area contributed by atoms with E-state index < -0.39 is 0 Å². The number of ether oxygens (including phenoxy) is 1. The molecule has 8 nitrogen and oxygen atoms in total. The average molecular weight is 618 g/mol. The Kier molecular flexibility index (Phi) is 7.30. The molecule has 9 heteroatoms. The number of halogens is 1. The van der Waals surface area contributed by atoms with E-state index in [9.17, 15) is 10.1 Å². The van der Waals surface area contributed by atoms with Crippen molar-refractivity contribution in [2.45, 2.75) is 6.61 Å². The fraction of sp³-hybridized carbons (Fsp3) is 0.0909. The van der Waals surface area contributed by atoms with E-state index in [1.807, 2.05) is 85.7 Å². The molecule has 0 aliphatic rings. The van der Waals surface area contributed by atoms with Gasteiger partial charge in [0.15, 0.2) is 5.76 Å². The van der Waals surface area contributed by atoms with Gasteiger partial charge >= 0.3 is 0 Å². The lowest BCUT2D eigenvalue weighted by Gasteiger charge is -2.16. The second kappa shape index (κ2) is 11.4. The third-order valence-electron chi connectivity index (χ3n) is 6.80. The zero-order valence-electron chi connectivity index (χ0n) is 22.8. The molecule has 0 saturated carbocycles. The minimum Gasteiger partial charge on any atom is -0.488 e. The van der Waals surface area contributed by atoms with E-state index >= 15 is 0 Å². The fourth-order valence-electron chi connectivity index (χ4n) is 4.58. The van der Waals surface area contributed by atoms with E-state index in [1.54, 1.807) is 30.5 Å². The Hall–Kier alpha value is -5.20. The number of aromatic nitrogens is 2. The third-order valence-corrected chi connectivity index (χ3v) is 7.29. The molecule has 2 aromatic heterocycles. The molecule has 6 rings (SSSR count). The van der Waals surface area contributed by atoms with Gasteiger partial charge in [0.2, 0.25) is 5.82 Å². The van der Waals surface area contributed by atoms with Crippen LogP contribution >= 0.6 is 15.9 Å². The predicted octanol–water partition coefficient (Wildman–Crippen LogP) is 6.97. The highest BCUT2D eigenvalue weighted by atomic mass is 79.9. The first-order valence-electron chi connectivity index (χ1n) is 13.1. The quantitative estimate of drug-likeness (QED) is 0.179. The van der Waals surface area contributed by atoms with Crippen molar-refractivity contribution >= 4 is 49.7 Å². The molecular formula is C33H24BrN5O3. The van der Waals surface area contributed by atoms with Crippen molar-refractivity contribution in [3.8, 4) is 23.4 Å². The van der Waals surface area contributed by atoms with Gasteiger partial charge in [0.25, 0.3) is 5.56 Å². The molecule has 0 spiro atoms. The van der Waals surface area contributed by atoms with Gasteiger partial charge in [0, 0.05) is 46.8 Å². The second-order valence-electron chi connectivity index (χ2n) is 9.78. The Balaban J connectivity index is 1.45. The smallest absolute Gasteiger partial charge is 0.282 e. The normalized spacial score (nSPS) is 11.3. The van der Waals surface area contributed by atoms with E-state index in [4.69, 9.17) is 14.1 Å². The Labute approximate surface area is 249 Å². The van der Waals surface area contributed by atoms with Gasteiger partial charge in [-0.25, -0.2) is 4.98 Å². The van der Waals surface area contributed by atoms with Crippen LogP contribution in [-0.2, 0) is 6.61 Å². The number of para-hydroxylation sites is 1. The van der Waals surface area contributed by atoms with Gasteiger partial charge in [-0.1, -0.05) is 46.3 Å². The first-order chi connectivity index (χ1) is 20.4. The Morgan fingerprint density at radius 3 is 2.69 bits per heavy atom. The van der Waals surface area contributed by atoms with Crippen molar-refractivity contribution in [1.29, 1.82) is 5.26 Å². The Morgan fingerprint density at radius 2 is 1.86 bits per heavy atom. The molecule has 42 heavy (non-hydrogen) atoms.